The highest BCUT2D eigenvalue weighted by Gasteiger charge is 1.96. The van der Waals surface area contributed by atoms with Crippen molar-refractivity contribution < 1.29 is 9.90 Å². The molecule has 0 saturated heterocycles. The molecule has 66 valence electrons. The third-order valence-corrected chi connectivity index (χ3v) is 1.69. The smallest absolute Gasteiger partial charge is 0.290 e. The van der Waals surface area contributed by atoms with Gasteiger partial charge in [0.1, 0.15) is 5.15 Å². The topological polar surface area (TPSA) is 50.2 Å². The molecular weight excluding hydrogens is 224 g/mol. The zero-order valence-electron chi connectivity index (χ0n) is 5.67. The van der Waals surface area contributed by atoms with Gasteiger partial charge in [0.25, 0.3) is 6.47 Å². The van der Waals surface area contributed by atoms with Gasteiger partial charge in [0, 0.05) is 6.20 Å². The van der Waals surface area contributed by atoms with Crippen molar-refractivity contribution in [2.24, 2.45) is 0 Å². The number of rotatable bonds is 0. The SMILES string of the molecule is Clc1cc(Cl)c(Cl)cn1.O=CO. The lowest BCUT2D eigenvalue weighted by Gasteiger charge is -1.91. The molecule has 0 aliphatic rings. The number of pyridine rings is 1. The van der Waals surface area contributed by atoms with E-state index in [0.717, 1.165) is 0 Å². The molecule has 0 amide bonds. The van der Waals surface area contributed by atoms with Crippen LogP contribution in [0.1, 0.15) is 0 Å². The molecule has 1 N–H and O–H groups in total. The zero-order chi connectivity index (χ0) is 9.56. The third-order valence-electron chi connectivity index (χ3n) is 0.775. The molecule has 0 radical (unpaired) electrons. The van der Waals surface area contributed by atoms with Crippen LogP contribution in [0.5, 0.6) is 0 Å². The molecule has 1 aromatic heterocycles. The summed E-state index contributed by atoms with van der Waals surface area (Å²) in [5.41, 5.74) is 0. The van der Waals surface area contributed by atoms with Crippen molar-refractivity contribution in [1.82, 2.24) is 4.98 Å². The molecule has 0 saturated carbocycles. The van der Waals surface area contributed by atoms with E-state index in [1.165, 1.54) is 12.3 Å². The maximum Gasteiger partial charge on any atom is 0.290 e. The summed E-state index contributed by atoms with van der Waals surface area (Å²) in [5, 5.41) is 8.09. The van der Waals surface area contributed by atoms with E-state index in [1.54, 1.807) is 0 Å². The van der Waals surface area contributed by atoms with Crippen molar-refractivity contribution in [2.45, 2.75) is 0 Å². The summed E-state index contributed by atoms with van der Waals surface area (Å²) in [4.78, 5) is 12.0. The highest BCUT2D eigenvalue weighted by atomic mass is 35.5. The van der Waals surface area contributed by atoms with Crippen LogP contribution in [-0.4, -0.2) is 16.6 Å². The summed E-state index contributed by atoms with van der Waals surface area (Å²) in [6.45, 7) is -0.250. The van der Waals surface area contributed by atoms with E-state index in [0.29, 0.717) is 15.2 Å². The van der Waals surface area contributed by atoms with Crippen LogP contribution < -0.4 is 0 Å². The van der Waals surface area contributed by atoms with Gasteiger partial charge in [-0.1, -0.05) is 34.8 Å². The van der Waals surface area contributed by atoms with Crippen molar-refractivity contribution >= 4 is 41.3 Å². The Morgan fingerprint density at radius 3 is 2.17 bits per heavy atom. The lowest BCUT2D eigenvalue weighted by atomic mass is 10.5. The van der Waals surface area contributed by atoms with Gasteiger partial charge in [0.15, 0.2) is 0 Å². The first kappa shape index (κ1) is 11.5. The van der Waals surface area contributed by atoms with Gasteiger partial charge in [-0.15, -0.1) is 0 Å². The normalized spacial score (nSPS) is 8.25. The number of nitrogens with zero attached hydrogens (tertiary/aromatic N) is 1. The van der Waals surface area contributed by atoms with Gasteiger partial charge in [-0.2, -0.15) is 0 Å². The molecule has 0 bridgehead atoms. The summed E-state index contributed by atoms with van der Waals surface area (Å²) >= 11 is 16.5. The first-order valence-electron chi connectivity index (χ1n) is 2.66. The van der Waals surface area contributed by atoms with E-state index in [1.807, 2.05) is 0 Å². The molecule has 0 aromatic carbocycles. The van der Waals surface area contributed by atoms with E-state index >= 15 is 0 Å². The quantitative estimate of drug-likeness (QED) is 0.549. The van der Waals surface area contributed by atoms with Crippen LogP contribution in [0.15, 0.2) is 12.3 Å². The zero-order valence-corrected chi connectivity index (χ0v) is 7.94. The average Bonchev–Trinajstić information content (AvgIpc) is 1.99. The number of carbonyl (C=O) groups is 1. The Hall–Kier alpha value is -0.510. The van der Waals surface area contributed by atoms with Crippen LogP contribution in [-0.2, 0) is 4.79 Å². The van der Waals surface area contributed by atoms with Gasteiger partial charge in [0.2, 0.25) is 0 Å². The van der Waals surface area contributed by atoms with Crippen LogP contribution in [0, 0.1) is 0 Å². The molecule has 1 rings (SSSR count). The van der Waals surface area contributed by atoms with E-state index in [4.69, 9.17) is 44.7 Å². The Morgan fingerprint density at radius 1 is 1.33 bits per heavy atom. The molecule has 1 heterocycles. The first-order valence-corrected chi connectivity index (χ1v) is 3.79. The average molecular weight is 228 g/mol. The van der Waals surface area contributed by atoms with E-state index in [9.17, 15) is 0 Å². The number of hydrogen-bond donors (Lipinski definition) is 1. The second kappa shape index (κ2) is 6.06. The standard InChI is InChI=1S/C5H2Cl3N.CH2O2/c6-3-1-5(8)9-2-4(3)7;2-1-3/h1-2H;1H,(H,2,3). The Labute approximate surface area is 83.9 Å². The minimum absolute atomic E-state index is 0.250. The monoisotopic (exact) mass is 227 g/mol. The van der Waals surface area contributed by atoms with Crippen molar-refractivity contribution in [2.75, 3.05) is 0 Å². The second-order valence-electron chi connectivity index (χ2n) is 1.53. The Balaban J connectivity index is 0.000000354. The largest absolute Gasteiger partial charge is 0.483 e. The molecule has 0 aliphatic heterocycles. The van der Waals surface area contributed by atoms with Crippen LogP contribution in [0.25, 0.3) is 0 Å². The first-order chi connectivity index (χ1) is 5.61. The second-order valence-corrected chi connectivity index (χ2v) is 2.73. The Morgan fingerprint density at radius 2 is 1.83 bits per heavy atom. The lowest BCUT2D eigenvalue weighted by Crippen LogP contribution is -1.73. The number of hydrogen-bond acceptors (Lipinski definition) is 2. The fraction of sp³-hybridized carbons (Fsp3) is 0. The van der Waals surface area contributed by atoms with Crippen molar-refractivity contribution in [1.29, 1.82) is 0 Å². The summed E-state index contributed by atoms with van der Waals surface area (Å²) in [6, 6.07) is 1.49. The predicted octanol–water partition coefficient (Wildman–Crippen LogP) is 2.74. The van der Waals surface area contributed by atoms with Gasteiger partial charge >= 0.3 is 0 Å². The molecule has 6 heteroatoms. The minimum atomic E-state index is -0.250. The van der Waals surface area contributed by atoms with Crippen molar-refractivity contribution in [3.63, 3.8) is 0 Å². The molecule has 0 aliphatic carbocycles. The van der Waals surface area contributed by atoms with Crippen LogP contribution in [0.3, 0.4) is 0 Å². The molecule has 0 atom stereocenters. The summed E-state index contributed by atoms with van der Waals surface area (Å²) in [7, 11) is 0. The third kappa shape index (κ3) is 4.38. The summed E-state index contributed by atoms with van der Waals surface area (Å²) in [6.07, 6.45) is 1.41. The number of carboxylic acid groups (broad SMARTS) is 1. The molecule has 1 aromatic rings. The number of halogens is 3. The van der Waals surface area contributed by atoms with Gasteiger partial charge < -0.3 is 5.11 Å². The molecular formula is C6H4Cl3NO2. The highest BCUT2D eigenvalue weighted by molar-refractivity contribution is 6.42. The van der Waals surface area contributed by atoms with Crippen molar-refractivity contribution in [3.05, 3.63) is 27.5 Å². The molecule has 0 fully saturated rings. The minimum Gasteiger partial charge on any atom is -0.483 e. The van der Waals surface area contributed by atoms with Crippen LogP contribution in [0.4, 0.5) is 0 Å². The van der Waals surface area contributed by atoms with E-state index in [-0.39, 0.29) is 6.47 Å². The maximum atomic E-state index is 8.36. The van der Waals surface area contributed by atoms with Gasteiger partial charge in [-0.25, -0.2) is 4.98 Å². The summed E-state index contributed by atoms with van der Waals surface area (Å²) in [5.74, 6) is 0. The van der Waals surface area contributed by atoms with E-state index < -0.39 is 0 Å². The molecule has 3 nitrogen and oxygen atoms in total. The van der Waals surface area contributed by atoms with Crippen LogP contribution in [0.2, 0.25) is 15.2 Å². The molecule has 12 heavy (non-hydrogen) atoms. The van der Waals surface area contributed by atoms with Gasteiger partial charge in [-0.05, 0) is 6.07 Å². The predicted molar refractivity (Wildman–Crippen MR) is 48.0 cm³/mol. The van der Waals surface area contributed by atoms with Gasteiger partial charge in [0.05, 0.1) is 10.0 Å². The molecule has 0 spiro atoms. The van der Waals surface area contributed by atoms with Gasteiger partial charge in [-0.3, -0.25) is 4.79 Å². The Kier molecular flexibility index (Phi) is 5.80. The van der Waals surface area contributed by atoms with Crippen molar-refractivity contribution in [3.8, 4) is 0 Å². The van der Waals surface area contributed by atoms with Crippen LogP contribution >= 0.6 is 34.8 Å². The Bertz CT molecular complexity index is 267. The number of aromatic nitrogens is 1. The summed E-state index contributed by atoms with van der Waals surface area (Å²) < 4.78 is 0. The highest BCUT2D eigenvalue weighted by Crippen LogP contribution is 2.22. The fourth-order valence-corrected chi connectivity index (χ4v) is 0.860. The maximum absolute atomic E-state index is 8.36. The van der Waals surface area contributed by atoms with E-state index in [2.05, 4.69) is 4.98 Å². The lowest BCUT2D eigenvalue weighted by molar-refractivity contribution is -0.122. The molecule has 0 unspecified atom stereocenters. The fourth-order valence-electron chi connectivity index (χ4n) is 0.391.